The van der Waals surface area contributed by atoms with Crippen LogP contribution in [0.4, 0.5) is 10.2 Å². The molecule has 170 valence electrons. The predicted octanol–water partition coefficient (Wildman–Crippen LogP) is 3.98. The summed E-state index contributed by atoms with van der Waals surface area (Å²) in [5.41, 5.74) is 1.36. The highest BCUT2D eigenvalue weighted by Crippen LogP contribution is 2.27. The van der Waals surface area contributed by atoms with E-state index in [4.69, 9.17) is 4.74 Å². The zero-order valence-electron chi connectivity index (χ0n) is 18.4. The van der Waals surface area contributed by atoms with Crippen LogP contribution in [0.15, 0.2) is 59.5 Å². The zero-order chi connectivity index (χ0) is 23.5. The Bertz CT molecular complexity index is 1200. The van der Waals surface area contributed by atoms with Gasteiger partial charge in [0.05, 0.1) is 28.6 Å². The van der Waals surface area contributed by atoms with Crippen LogP contribution in [-0.2, 0) is 20.0 Å². The van der Waals surface area contributed by atoms with Gasteiger partial charge in [0.2, 0.25) is 0 Å². The van der Waals surface area contributed by atoms with Crippen molar-refractivity contribution < 1.29 is 22.3 Å². The van der Waals surface area contributed by atoms with Crippen LogP contribution >= 0.6 is 0 Å². The smallest absolute Gasteiger partial charge is 0.256 e. The highest BCUT2D eigenvalue weighted by atomic mass is 32.2. The Kier molecular flexibility index (Phi) is 6.80. The minimum atomic E-state index is -3.48. The number of anilines is 1. The lowest BCUT2D eigenvalue weighted by Gasteiger charge is -2.14. The summed E-state index contributed by atoms with van der Waals surface area (Å²) < 4.78 is 44.3. The lowest BCUT2D eigenvalue weighted by Crippen LogP contribution is -2.16. The van der Waals surface area contributed by atoms with E-state index in [0.717, 1.165) is 5.69 Å². The van der Waals surface area contributed by atoms with Crippen molar-refractivity contribution in [2.24, 2.45) is 0 Å². The first-order chi connectivity index (χ1) is 15.0. The summed E-state index contributed by atoms with van der Waals surface area (Å²) in [5, 5.41) is 7.41. The molecular formula is C23H26FN3O4S. The molecule has 32 heavy (non-hydrogen) atoms. The van der Waals surface area contributed by atoms with Crippen LogP contribution in [0.3, 0.4) is 0 Å². The normalized spacial score (nSPS) is 12.0. The minimum Gasteiger partial charge on any atom is -0.384 e. The second-order valence-electron chi connectivity index (χ2n) is 8.34. The first-order valence-corrected chi connectivity index (χ1v) is 11.7. The molecule has 0 radical (unpaired) electrons. The number of sulfone groups is 1. The van der Waals surface area contributed by atoms with Crippen molar-refractivity contribution >= 4 is 21.6 Å². The fraction of sp³-hybridized carbons (Fsp3) is 0.304. The Morgan fingerprint density at radius 1 is 1.09 bits per heavy atom. The van der Waals surface area contributed by atoms with Crippen LogP contribution in [0.2, 0.25) is 0 Å². The maximum atomic E-state index is 13.4. The molecule has 0 saturated heterocycles. The highest BCUT2D eigenvalue weighted by Gasteiger charge is 2.22. The second-order valence-corrected chi connectivity index (χ2v) is 10.5. The van der Waals surface area contributed by atoms with Crippen LogP contribution < -0.4 is 5.32 Å². The van der Waals surface area contributed by atoms with Crippen molar-refractivity contribution in [2.45, 2.75) is 31.1 Å². The largest absolute Gasteiger partial charge is 0.384 e. The number of hydrogen-bond acceptors (Lipinski definition) is 5. The maximum absolute atomic E-state index is 13.4. The standard InChI is InChI=1S/C23H26FN3O4S/c1-23(2,3)20-15-21(27(26-20)18-9-7-17(24)8-10-18)25-22(28)16-5-11-19(12-6-16)32(29,30)14-13-31-4/h5-12,15H,13-14H2,1-4H3,(H,25,28). The van der Waals surface area contributed by atoms with Gasteiger partial charge >= 0.3 is 0 Å². The van der Waals surface area contributed by atoms with Crippen LogP contribution in [0.1, 0.15) is 36.8 Å². The molecule has 7 nitrogen and oxygen atoms in total. The number of aromatic nitrogens is 2. The van der Waals surface area contributed by atoms with Crippen molar-refractivity contribution in [3.8, 4) is 5.69 Å². The molecule has 0 bridgehead atoms. The van der Waals surface area contributed by atoms with E-state index in [2.05, 4.69) is 10.4 Å². The van der Waals surface area contributed by atoms with Crippen LogP contribution in [0.25, 0.3) is 5.69 Å². The number of methoxy groups -OCH3 is 1. The molecule has 1 N–H and O–H groups in total. The third-order valence-electron chi connectivity index (χ3n) is 4.82. The van der Waals surface area contributed by atoms with Gasteiger partial charge in [-0.1, -0.05) is 20.8 Å². The molecule has 0 atom stereocenters. The van der Waals surface area contributed by atoms with E-state index in [1.54, 1.807) is 22.9 Å². The number of halogens is 1. The summed E-state index contributed by atoms with van der Waals surface area (Å²) in [5.74, 6) is -0.512. The van der Waals surface area contributed by atoms with Gasteiger partial charge in [-0.25, -0.2) is 17.5 Å². The van der Waals surface area contributed by atoms with Gasteiger partial charge in [0, 0.05) is 24.2 Å². The average Bonchev–Trinajstić information content (AvgIpc) is 3.17. The summed E-state index contributed by atoms with van der Waals surface area (Å²) in [4.78, 5) is 13.0. The van der Waals surface area contributed by atoms with E-state index in [1.807, 2.05) is 20.8 Å². The Balaban J connectivity index is 1.88. The number of ether oxygens (including phenoxy) is 1. The summed E-state index contributed by atoms with van der Waals surface area (Å²) in [6.45, 7) is 6.09. The Labute approximate surface area is 187 Å². The van der Waals surface area contributed by atoms with Gasteiger partial charge in [-0.15, -0.1) is 0 Å². The average molecular weight is 460 g/mol. The summed E-state index contributed by atoms with van der Waals surface area (Å²) in [6, 6.07) is 13.3. The van der Waals surface area contributed by atoms with Crippen molar-refractivity contribution in [3.05, 3.63) is 71.7 Å². The molecule has 0 aliphatic carbocycles. The van der Waals surface area contributed by atoms with E-state index in [9.17, 15) is 17.6 Å². The van der Waals surface area contributed by atoms with Gasteiger partial charge in [-0.2, -0.15) is 5.10 Å². The van der Waals surface area contributed by atoms with Gasteiger partial charge in [0.25, 0.3) is 5.91 Å². The van der Waals surface area contributed by atoms with Crippen molar-refractivity contribution in [3.63, 3.8) is 0 Å². The molecule has 3 rings (SSSR count). The molecule has 0 fully saturated rings. The number of hydrogen-bond donors (Lipinski definition) is 1. The third kappa shape index (κ3) is 5.41. The van der Waals surface area contributed by atoms with Crippen molar-refractivity contribution in [2.75, 3.05) is 24.8 Å². The number of benzene rings is 2. The van der Waals surface area contributed by atoms with Gasteiger partial charge in [0.15, 0.2) is 9.84 Å². The zero-order valence-corrected chi connectivity index (χ0v) is 19.2. The third-order valence-corrected chi connectivity index (χ3v) is 6.52. The Morgan fingerprint density at radius 3 is 2.28 bits per heavy atom. The first-order valence-electron chi connectivity index (χ1n) is 10.0. The molecule has 9 heteroatoms. The number of carbonyl (C=O) groups is 1. The number of rotatable bonds is 7. The number of carbonyl (C=O) groups excluding carboxylic acids is 1. The van der Waals surface area contributed by atoms with Crippen LogP contribution in [0.5, 0.6) is 0 Å². The first kappa shape index (κ1) is 23.6. The van der Waals surface area contributed by atoms with E-state index in [-0.39, 0.29) is 28.5 Å². The molecule has 0 saturated carbocycles. The molecule has 1 amide bonds. The quantitative estimate of drug-likeness (QED) is 0.577. The molecule has 0 spiro atoms. The number of nitrogens with zero attached hydrogens (tertiary/aromatic N) is 2. The predicted molar refractivity (Wildman–Crippen MR) is 121 cm³/mol. The summed E-state index contributed by atoms with van der Waals surface area (Å²) in [7, 11) is -2.05. The van der Waals surface area contributed by atoms with Gasteiger partial charge in [-0.3, -0.25) is 4.79 Å². The van der Waals surface area contributed by atoms with E-state index in [1.165, 1.54) is 43.5 Å². The fourth-order valence-corrected chi connectivity index (χ4v) is 4.10. The summed E-state index contributed by atoms with van der Waals surface area (Å²) >= 11 is 0. The van der Waals surface area contributed by atoms with Gasteiger partial charge in [0.1, 0.15) is 11.6 Å². The molecule has 1 aromatic heterocycles. The topological polar surface area (TPSA) is 90.3 Å². The highest BCUT2D eigenvalue weighted by molar-refractivity contribution is 7.91. The molecule has 1 heterocycles. The molecule has 0 aliphatic heterocycles. The maximum Gasteiger partial charge on any atom is 0.256 e. The molecule has 3 aromatic rings. The van der Waals surface area contributed by atoms with E-state index in [0.29, 0.717) is 17.1 Å². The fourth-order valence-electron chi connectivity index (χ4n) is 2.93. The Hall–Kier alpha value is -3.04. The van der Waals surface area contributed by atoms with Gasteiger partial charge < -0.3 is 10.1 Å². The molecule has 2 aromatic carbocycles. The molecular weight excluding hydrogens is 433 g/mol. The number of nitrogens with one attached hydrogen (secondary N) is 1. The van der Waals surface area contributed by atoms with Crippen LogP contribution in [0, 0.1) is 5.82 Å². The van der Waals surface area contributed by atoms with Crippen LogP contribution in [-0.4, -0.2) is 43.6 Å². The van der Waals surface area contributed by atoms with Gasteiger partial charge in [-0.05, 0) is 48.5 Å². The van der Waals surface area contributed by atoms with E-state index >= 15 is 0 Å². The lowest BCUT2D eigenvalue weighted by molar-refractivity contribution is 0.102. The Morgan fingerprint density at radius 2 is 1.72 bits per heavy atom. The second kappa shape index (κ2) is 9.22. The lowest BCUT2D eigenvalue weighted by atomic mass is 9.92. The van der Waals surface area contributed by atoms with Crippen molar-refractivity contribution in [1.29, 1.82) is 0 Å². The van der Waals surface area contributed by atoms with E-state index < -0.39 is 15.7 Å². The minimum absolute atomic E-state index is 0.0913. The molecule has 0 aliphatic rings. The summed E-state index contributed by atoms with van der Waals surface area (Å²) in [6.07, 6.45) is 0. The SMILES string of the molecule is COCCS(=O)(=O)c1ccc(C(=O)Nc2cc(C(C)(C)C)nn2-c2ccc(F)cc2)cc1. The number of amides is 1. The van der Waals surface area contributed by atoms with Crippen molar-refractivity contribution in [1.82, 2.24) is 9.78 Å². The monoisotopic (exact) mass is 459 g/mol. The molecule has 0 unspecified atom stereocenters.